The summed E-state index contributed by atoms with van der Waals surface area (Å²) in [7, 11) is -4.06. The molecule has 10 heteroatoms. The van der Waals surface area contributed by atoms with Gasteiger partial charge in [-0.3, -0.25) is 10.1 Å². The van der Waals surface area contributed by atoms with Crippen molar-refractivity contribution in [1.29, 1.82) is 0 Å². The molecule has 0 fully saturated rings. The van der Waals surface area contributed by atoms with E-state index in [9.17, 15) is 18.0 Å². The highest BCUT2D eigenvalue weighted by Crippen LogP contribution is 2.32. The van der Waals surface area contributed by atoms with Gasteiger partial charge < -0.3 is 13.9 Å². The third kappa shape index (κ3) is 6.76. The number of amides is 1. The molecular formula is C26H34N2O7S. The molecule has 2 N–H and O–H groups in total. The maximum atomic E-state index is 13.1. The van der Waals surface area contributed by atoms with E-state index in [1.54, 1.807) is 58.9 Å². The fourth-order valence-electron chi connectivity index (χ4n) is 3.46. The zero-order valence-electron chi connectivity index (χ0n) is 21.7. The fraction of sp³-hybridized carbons (Fsp3) is 0.462. The lowest BCUT2D eigenvalue weighted by atomic mass is 10.1. The molecule has 0 radical (unpaired) electrons. The molecule has 1 aromatic heterocycles. The number of sulfonamides is 1. The number of furan rings is 1. The van der Waals surface area contributed by atoms with Crippen molar-refractivity contribution in [2.24, 2.45) is 11.8 Å². The number of nitrogens with one attached hydrogen (secondary N) is 2. The molecule has 1 atom stereocenters. The first-order chi connectivity index (χ1) is 16.7. The molecule has 0 aliphatic carbocycles. The Morgan fingerprint density at radius 1 is 0.972 bits per heavy atom. The van der Waals surface area contributed by atoms with Crippen LogP contribution in [0.1, 0.15) is 48.5 Å². The van der Waals surface area contributed by atoms with Gasteiger partial charge in [0.2, 0.25) is 10.0 Å². The number of hydrogen-bond donors (Lipinski definition) is 2. The molecule has 1 amide bonds. The van der Waals surface area contributed by atoms with E-state index in [-0.39, 0.29) is 16.7 Å². The van der Waals surface area contributed by atoms with Crippen LogP contribution in [0.15, 0.2) is 45.7 Å². The van der Waals surface area contributed by atoms with Crippen molar-refractivity contribution in [1.82, 2.24) is 4.72 Å². The number of rotatable bonds is 8. The molecule has 0 aliphatic rings. The van der Waals surface area contributed by atoms with Crippen LogP contribution in [-0.2, 0) is 24.3 Å². The van der Waals surface area contributed by atoms with E-state index in [0.29, 0.717) is 34.2 Å². The number of hydrogen-bond acceptors (Lipinski definition) is 7. The molecule has 0 saturated carbocycles. The summed E-state index contributed by atoms with van der Waals surface area (Å²) in [6.45, 7) is 12.8. The van der Waals surface area contributed by atoms with E-state index >= 15 is 0 Å². The summed E-state index contributed by atoms with van der Waals surface area (Å²) in [5.41, 5.74) is 0.657. The second-order valence-corrected chi connectivity index (χ2v) is 12.2. The van der Waals surface area contributed by atoms with Gasteiger partial charge in [-0.2, -0.15) is 4.72 Å². The van der Waals surface area contributed by atoms with Crippen LogP contribution in [0.5, 0.6) is 0 Å². The molecule has 3 rings (SSSR count). The Kier molecular flexibility index (Phi) is 8.00. The molecule has 0 unspecified atom stereocenters. The third-order valence-electron chi connectivity index (χ3n) is 5.16. The van der Waals surface area contributed by atoms with Gasteiger partial charge in [-0.25, -0.2) is 13.2 Å². The molecule has 0 spiro atoms. The van der Waals surface area contributed by atoms with Crippen LogP contribution in [0.2, 0.25) is 0 Å². The van der Waals surface area contributed by atoms with Gasteiger partial charge in [0.1, 0.15) is 22.8 Å². The molecule has 1 heterocycles. The van der Waals surface area contributed by atoms with Crippen molar-refractivity contribution in [3.05, 3.63) is 36.4 Å². The Labute approximate surface area is 211 Å². The number of carbonyl (C=O) groups is 2. The van der Waals surface area contributed by atoms with Crippen LogP contribution in [-0.4, -0.2) is 38.7 Å². The first-order valence-corrected chi connectivity index (χ1v) is 13.3. The van der Waals surface area contributed by atoms with Gasteiger partial charge in [-0.1, -0.05) is 27.7 Å². The van der Waals surface area contributed by atoms with Crippen LogP contribution in [0, 0.1) is 11.8 Å². The lowest BCUT2D eigenvalue weighted by molar-refractivity contribution is -0.158. The van der Waals surface area contributed by atoms with Crippen LogP contribution in [0.4, 0.5) is 10.5 Å². The largest absolute Gasteiger partial charge is 0.459 e. The minimum absolute atomic E-state index is 0.0427. The van der Waals surface area contributed by atoms with Crippen molar-refractivity contribution in [2.45, 2.75) is 65.0 Å². The molecule has 9 nitrogen and oxygen atoms in total. The van der Waals surface area contributed by atoms with E-state index in [0.717, 1.165) is 0 Å². The van der Waals surface area contributed by atoms with Crippen molar-refractivity contribution in [3.8, 4) is 0 Å². The first-order valence-electron chi connectivity index (χ1n) is 11.8. The molecule has 196 valence electrons. The minimum atomic E-state index is -4.06. The van der Waals surface area contributed by atoms with E-state index < -0.39 is 33.7 Å². The summed E-state index contributed by atoms with van der Waals surface area (Å²) in [6.07, 6.45) is -0.556. The summed E-state index contributed by atoms with van der Waals surface area (Å²) >= 11 is 0. The van der Waals surface area contributed by atoms with Gasteiger partial charge in [-0.05, 0) is 62.9 Å². The Bertz CT molecular complexity index is 1370. The predicted octanol–water partition coefficient (Wildman–Crippen LogP) is 5.44. The Hall–Kier alpha value is -3.11. The second kappa shape index (κ2) is 10.5. The van der Waals surface area contributed by atoms with Gasteiger partial charge in [0.15, 0.2) is 0 Å². The number of benzene rings is 2. The lowest BCUT2D eigenvalue weighted by Gasteiger charge is -2.26. The smallest absolute Gasteiger partial charge is 0.411 e. The minimum Gasteiger partial charge on any atom is -0.459 e. The number of esters is 1. The van der Waals surface area contributed by atoms with Gasteiger partial charge in [0, 0.05) is 22.5 Å². The fourth-order valence-corrected chi connectivity index (χ4v) is 4.80. The molecule has 2 aromatic carbocycles. The highest BCUT2D eigenvalue weighted by Gasteiger charge is 2.32. The summed E-state index contributed by atoms with van der Waals surface area (Å²) in [4.78, 5) is 24.6. The predicted molar refractivity (Wildman–Crippen MR) is 138 cm³/mol. The van der Waals surface area contributed by atoms with Crippen molar-refractivity contribution < 1.29 is 31.9 Å². The normalized spacial score (nSPS) is 13.4. The van der Waals surface area contributed by atoms with E-state index in [1.807, 2.05) is 13.8 Å². The molecular weight excluding hydrogens is 484 g/mol. The van der Waals surface area contributed by atoms with Gasteiger partial charge in [-0.15, -0.1) is 0 Å². The second-order valence-electron chi connectivity index (χ2n) is 10.5. The molecule has 0 bridgehead atoms. The number of fused-ring (bicyclic) bond motifs is 3. The SMILES string of the molecule is CC(C)COC(=O)Nc1ccc2oc3cc(S(=O)(=O)N[C@H](C(=O)OC(C)(C)C)C(C)C)ccc3c2c1. The van der Waals surface area contributed by atoms with Crippen LogP contribution in [0.3, 0.4) is 0 Å². The Morgan fingerprint density at radius 2 is 1.67 bits per heavy atom. The number of anilines is 1. The van der Waals surface area contributed by atoms with Gasteiger partial charge in [0.05, 0.1) is 11.5 Å². The summed E-state index contributed by atoms with van der Waals surface area (Å²) in [5.74, 6) is -0.753. The van der Waals surface area contributed by atoms with Crippen LogP contribution >= 0.6 is 0 Å². The average Bonchev–Trinajstić information content (AvgIpc) is 3.12. The van der Waals surface area contributed by atoms with Crippen LogP contribution in [0.25, 0.3) is 21.9 Å². The molecule has 0 aliphatic heterocycles. The van der Waals surface area contributed by atoms with E-state index in [2.05, 4.69) is 10.0 Å². The molecule has 3 aromatic rings. The van der Waals surface area contributed by atoms with Gasteiger partial charge >= 0.3 is 12.1 Å². The zero-order valence-corrected chi connectivity index (χ0v) is 22.5. The quantitative estimate of drug-likeness (QED) is 0.381. The molecule has 0 saturated heterocycles. The highest BCUT2D eigenvalue weighted by molar-refractivity contribution is 7.89. The van der Waals surface area contributed by atoms with Gasteiger partial charge in [0.25, 0.3) is 0 Å². The summed E-state index contributed by atoms with van der Waals surface area (Å²) in [6, 6.07) is 8.54. The lowest BCUT2D eigenvalue weighted by Crippen LogP contribution is -2.47. The summed E-state index contributed by atoms with van der Waals surface area (Å²) < 4.78 is 45.2. The maximum absolute atomic E-state index is 13.1. The van der Waals surface area contributed by atoms with E-state index in [4.69, 9.17) is 13.9 Å². The number of ether oxygens (including phenoxy) is 2. The van der Waals surface area contributed by atoms with Crippen LogP contribution < -0.4 is 10.0 Å². The third-order valence-corrected chi connectivity index (χ3v) is 6.60. The topological polar surface area (TPSA) is 124 Å². The van der Waals surface area contributed by atoms with E-state index in [1.165, 1.54) is 12.1 Å². The van der Waals surface area contributed by atoms with Crippen molar-refractivity contribution in [3.63, 3.8) is 0 Å². The highest BCUT2D eigenvalue weighted by atomic mass is 32.2. The maximum Gasteiger partial charge on any atom is 0.411 e. The standard InChI is InChI=1S/C26H34N2O7S/c1-15(2)14-33-25(30)27-17-8-11-21-20(12-17)19-10-9-18(13-22(19)34-21)36(31,32)28-23(16(3)4)24(29)35-26(5,6)7/h8-13,15-16,23,28H,14H2,1-7H3,(H,27,30)/t23-/m0/s1. The average molecular weight is 519 g/mol. The monoisotopic (exact) mass is 518 g/mol. The molecule has 36 heavy (non-hydrogen) atoms. The summed E-state index contributed by atoms with van der Waals surface area (Å²) in [5, 5.41) is 4.07. The Morgan fingerprint density at radius 3 is 2.28 bits per heavy atom. The Balaban J connectivity index is 1.87. The first kappa shape index (κ1) is 27.5. The van der Waals surface area contributed by atoms with Crippen molar-refractivity contribution in [2.75, 3.05) is 11.9 Å². The number of carbonyl (C=O) groups excluding carboxylic acids is 2. The zero-order chi connectivity index (χ0) is 26.8. The van der Waals surface area contributed by atoms with Crippen molar-refractivity contribution >= 4 is 49.7 Å².